The van der Waals surface area contributed by atoms with E-state index in [1.54, 1.807) is 6.07 Å². The molecule has 0 heterocycles. The van der Waals surface area contributed by atoms with Crippen LogP contribution in [0.1, 0.15) is 18.9 Å². The second-order valence-electron chi connectivity index (χ2n) is 4.80. The molecule has 0 bridgehead atoms. The van der Waals surface area contributed by atoms with Crippen molar-refractivity contribution in [3.8, 4) is 0 Å². The second kappa shape index (κ2) is 8.47. The van der Waals surface area contributed by atoms with Gasteiger partial charge in [-0.15, -0.1) is 0 Å². The predicted molar refractivity (Wildman–Crippen MR) is 96.5 cm³/mol. The van der Waals surface area contributed by atoms with E-state index < -0.39 is 11.8 Å². The number of anilines is 1. The molecule has 0 fully saturated rings. The van der Waals surface area contributed by atoms with Crippen molar-refractivity contribution in [1.82, 2.24) is 5.43 Å². The Morgan fingerprint density at radius 2 is 1.75 bits per heavy atom. The second-order valence-corrected chi connectivity index (χ2v) is 5.64. The number of hydrogen-bond donors (Lipinski definition) is 2. The van der Waals surface area contributed by atoms with Gasteiger partial charge in [0.25, 0.3) is 0 Å². The lowest BCUT2D eigenvalue weighted by atomic mass is 10.1. The normalized spacial score (nSPS) is 11.0. The molecule has 0 saturated carbocycles. The molecule has 0 atom stereocenters. The zero-order valence-corrected chi connectivity index (χ0v) is 14.4. The molecule has 0 aliphatic heterocycles. The summed E-state index contributed by atoms with van der Waals surface area (Å²) in [6.45, 7) is 1.91. The maximum atomic E-state index is 11.9. The maximum absolute atomic E-state index is 11.9. The van der Waals surface area contributed by atoms with Crippen molar-refractivity contribution in [1.29, 1.82) is 0 Å². The summed E-state index contributed by atoms with van der Waals surface area (Å²) in [5.74, 6) is -1.78. The molecular weight excluding hydrogens is 349 g/mol. The lowest BCUT2D eigenvalue weighted by Gasteiger charge is -2.07. The highest BCUT2D eigenvalue weighted by Gasteiger charge is 2.15. The molecule has 0 aliphatic rings. The van der Waals surface area contributed by atoms with Gasteiger partial charge in [0.1, 0.15) is 0 Å². The maximum Gasteiger partial charge on any atom is 0.329 e. The third-order valence-corrected chi connectivity index (χ3v) is 3.68. The van der Waals surface area contributed by atoms with Gasteiger partial charge in [-0.2, -0.15) is 5.10 Å². The van der Waals surface area contributed by atoms with Crippen molar-refractivity contribution in [2.45, 2.75) is 13.3 Å². The third-order valence-electron chi connectivity index (χ3n) is 3.12. The Morgan fingerprint density at radius 3 is 2.42 bits per heavy atom. The fraction of sp³-hybridized carbons (Fsp3) is 0.118. The van der Waals surface area contributed by atoms with E-state index in [1.807, 2.05) is 37.3 Å². The van der Waals surface area contributed by atoms with Crippen molar-refractivity contribution in [3.63, 3.8) is 0 Å². The molecule has 5 nitrogen and oxygen atoms in total. The standard InChI is InChI=1S/C17H15Cl2N3O2/c1-2-14(11-6-4-3-5-7-11)21-22-17(24)16(23)20-15-10-12(18)8-9-13(15)19/h3-10H,2H2,1H3,(H,20,23)(H,22,24)/b21-14-. The monoisotopic (exact) mass is 363 g/mol. The molecule has 124 valence electrons. The van der Waals surface area contributed by atoms with Gasteiger partial charge in [0.05, 0.1) is 16.4 Å². The Balaban J connectivity index is 2.04. The van der Waals surface area contributed by atoms with Crippen LogP contribution in [0.3, 0.4) is 0 Å². The van der Waals surface area contributed by atoms with Gasteiger partial charge in [-0.1, -0.05) is 60.5 Å². The molecule has 2 aromatic carbocycles. The first-order valence-corrected chi connectivity index (χ1v) is 7.95. The van der Waals surface area contributed by atoms with Gasteiger partial charge in [0, 0.05) is 5.02 Å². The van der Waals surface area contributed by atoms with Crippen LogP contribution in [-0.2, 0) is 9.59 Å². The Morgan fingerprint density at radius 1 is 1.04 bits per heavy atom. The van der Waals surface area contributed by atoms with E-state index in [-0.39, 0.29) is 10.7 Å². The van der Waals surface area contributed by atoms with Crippen LogP contribution < -0.4 is 10.7 Å². The van der Waals surface area contributed by atoms with Crippen molar-refractivity contribution in [2.75, 3.05) is 5.32 Å². The molecule has 0 aromatic heterocycles. The first-order valence-electron chi connectivity index (χ1n) is 7.19. The molecule has 0 unspecified atom stereocenters. The Hall–Kier alpha value is -2.37. The van der Waals surface area contributed by atoms with Crippen LogP contribution in [0.4, 0.5) is 5.69 Å². The summed E-state index contributed by atoms with van der Waals surface area (Å²) in [6, 6.07) is 13.9. The van der Waals surface area contributed by atoms with Gasteiger partial charge in [0.15, 0.2) is 0 Å². The van der Waals surface area contributed by atoms with Gasteiger partial charge in [-0.3, -0.25) is 9.59 Å². The van der Waals surface area contributed by atoms with E-state index >= 15 is 0 Å². The smallest absolute Gasteiger partial charge is 0.316 e. The number of carbonyl (C=O) groups is 2. The number of hydrazone groups is 1. The molecule has 2 N–H and O–H groups in total. The van der Waals surface area contributed by atoms with Crippen LogP contribution in [0, 0.1) is 0 Å². The van der Waals surface area contributed by atoms with E-state index in [2.05, 4.69) is 15.8 Å². The lowest BCUT2D eigenvalue weighted by molar-refractivity contribution is -0.136. The van der Waals surface area contributed by atoms with Crippen molar-refractivity contribution < 1.29 is 9.59 Å². The SMILES string of the molecule is CC/C(=N/NC(=O)C(=O)Nc1cc(Cl)ccc1Cl)c1ccccc1. The number of nitrogens with zero attached hydrogens (tertiary/aromatic N) is 1. The molecule has 0 spiro atoms. The predicted octanol–water partition coefficient (Wildman–Crippen LogP) is 3.86. The highest BCUT2D eigenvalue weighted by molar-refractivity contribution is 6.42. The zero-order valence-electron chi connectivity index (χ0n) is 12.8. The van der Waals surface area contributed by atoms with Crippen LogP contribution in [-0.4, -0.2) is 17.5 Å². The first-order chi connectivity index (χ1) is 11.5. The van der Waals surface area contributed by atoms with Crippen molar-refractivity contribution in [3.05, 3.63) is 64.1 Å². The van der Waals surface area contributed by atoms with Crippen LogP contribution in [0.25, 0.3) is 0 Å². The summed E-state index contributed by atoms with van der Waals surface area (Å²) < 4.78 is 0. The number of rotatable bonds is 4. The summed E-state index contributed by atoms with van der Waals surface area (Å²) in [7, 11) is 0. The van der Waals surface area contributed by atoms with E-state index in [0.29, 0.717) is 17.2 Å². The minimum absolute atomic E-state index is 0.257. The number of benzene rings is 2. The number of amides is 2. The van der Waals surface area contributed by atoms with Crippen LogP contribution in [0.15, 0.2) is 53.6 Å². The fourth-order valence-electron chi connectivity index (χ4n) is 1.92. The molecule has 2 amide bonds. The van der Waals surface area contributed by atoms with Crippen LogP contribution in [0.5, 0.6) is 0 Å². The van der Waals surface area contributed by atoms with Crippen LogP contribution in [0.2, 0.25) is 10.0 Å². The molecule has 7 heteroatoms. The summed E-state index contributed by atoms with van der Waals surface area (Å²) in [6.07, 6.45) is 0.603. The fourth-order valence-corrected chi connectivity index (χ4v) is 2.26. The minimum Gasteiger partial charge on any atom is -0.316 e. The number of hydrogen-bond acceptors (Lipinski definition) is 3. The van der Waals surface area contributed by atoms with E-state index in [4.69, 9.17) is 23.2 Å². The minimum atomic E-state index is -0.895. The molecule has 24 heavy (non-hydrogen) atoms. The quantitative estimate of drug-likeness (QED) is 0.491. The summed E-state index contributed by atoms with van der Waals surface area (Å²) >= 11 is 11.8. The van der Waals surface area contributed by atoms with E-state index in [0.717, 1.165) is 5.56 Å². The molecular formula is C17H15Cl2N3O2. The largest absolute Gasteiger partial charge is 0.329 e. The average Bonchev–Trinajstić information content (AvgIpc) is 2.59. The van der Waals surface area contributed by atoms with Crippen molar-refractivity contribution in [2.24, 2.45) is 5.10 Å². The van der Waals surface area contributed by atoms with E-state index in [9.17, 15) is 9.59 Å². The molecule has 2 aromatic rings. The Labute approximate surface area is 149 Å². The number of halogens is 2. The number of nitrogens with one attached hydrogen (secondary N) is 2. The molecule has 2 rings (SSSR count). The van der Waals surface area contributed by atoms with Gasteiger partial charge < -0.3 is 5.32 Å². The third kappa shape index (κ3) is 4.81. The summed E-state index contributed by atoms with van der Waals surface area (Å²) in [4.78, 5) is 23.8. The van der Waals surface area contributed by atoms with Gasteiger partial charge in [-0.05, 0) is 30.2 Å². The van der Waals surface area contributed by atoms with Crippen molar-refractivity contribution >= 4 is 46.4 Å². The van der Waals surface area contributed by atoms with Gasteiger partial charge >= 0.3 is 11.8 Å². The highest BCUT2D eigenvalue weighted by atomic mass is 35.5. The zero-order chi connectivity index (χ0) is 17.5. The Bertz CT molecular complexity index is 777. The topological polar surface area (TPSA) is 70.6 Å². The number of carbonyl (C=O) groups excluding carboxylic acids is 2. The van der Waals surface area contributed by atoms with Gasteiger partial charge in [-0.25, -0.2) is 5.43 Å². The first kappa shape index (κ1) is 18.0. The van der Waals surface area contributed by atoms with Gasteiger partial charge in [0.2, 0.25) is 0 Å². The summed E-state index contributed by atoms with van der Waals surface area (Å²) in [5.41, 5.74) is 4.04. The molecule has 0 saturated heterocycles. The molecule has 0 radical (unpaired) electrons. The summed E-state index contributed by atoms with van der Waals surface area (Å²) in [5, 5.41) is 7.08. The van der Waals surface area contributed by atoms with E-state index in [1.165, 1.54) is 12.1 Å². The highest BCUT2D eigenvalue weighted by Crippen LogP contribution is 2.25. The Kier molecular flexibility index (Phi) is 6.35. The average molecular weight is 364 g/mol. The van der Waals surface area contributed by atoms with Crippen LogP contribution >= 0.6 is 23.2 Å². The lowest BCUT2D eigenvalue weighted by Crippen LogP contribution is -2.33. The molecule has 0 aliphatic carbocycles.